The van der Waals surface area contributed by atoms with Gasteiger partial charge in [-0.25, -0.2) is 0 Å². The molecule has 2 aromatic heterocycles. The van der Waals surface area contributed by atoms with Gasteiger partial charge in [-0.3, -0.25) is 4.99 Å². The lowest BCUT2D eigenvalue weighted by atomic mass is 10.3. The van der Waals surface area contributed by atoms with Crippen LogP contribution in [0.4, 0.5) is 0 Å². The Morgan fingerprint density at radius 2 is 2.14 bits per heavy atom. The smallest absolute Gasteiger partial charge is 0.193 e. The van der Waals surface area contributed by atoms with E-state index in [1.54, 1.807) is 22.7 Å². The Morgan fingerprint density at radius 1 is 1.33 bits per heavy atom. The zero-order chi connectivity index (χ0) is 14.4. The number of aliphatic imine (C=N–C) groups is 1. The second-order valence-electron chi connectivity index (χ2n) is 4.36. The maximum Gasteiger partial charge on any atom is 0.193 e. The lowest BCUT2D eigenvalue weighted by molar-refractivity contribution is 0.487. The highest BCUT2D eigenvalue weighted by Crippen LogP contribution is 2.21. The molecular formula is C14H19BrIN3S2. The van der Waals surface area contributed by atoms with Gasteiger partial charge < -0.3 is 10.2 Å². The average Bonchev–Trinajstić information content (AvgIpc) is 3.08. The molecule has 0 fully saturated rings. The van der Waals surface area contributed by atoms with Crippen LogP contribution < -0.4 is 5.32 Å². The van der Waals surface area contributed by atoms with Crippen molar-refractivity contribution >= 4 is 68.5 Å². The van der Waals surface area contributed by atoms with Crippen molar-refractivity contribution in [3.8, 4) is 0 Å². The monoisotopic (exact) mass is 499 g/mol. The number of rotatable bonds is 5. The minimum absolute atomic E-state index is 0. The Bertz CT molecular complexity index is 554. The third-order valence-electron chi connectivity index (χ3n) is 2.90. The molecular weight excluding hydrogens is 481 g/mol. The van der Waals surface area contributed by atoms with Gasteiger partial charge in [-0.15, -0.1) is 46.7 Å². The molecule has 0 aromatic carbocycles. The fourth-order valence-corrected chi connectivity index (χ4v) is 3.96. The van der Waals surface area contributed by atoms with Crippen molar-refractivity contribution < 1.29 is 0 Å². The molecule has 0 saturated heterocycles. The van der Waals surface area contributed by atoms with Crippen molar-refractivity contribution in [1.29, 1.82) is 0 Å². The standard InChI is InChI=1S/C14H18BrN3S2.HI/c1-16-14(17-10-12-5-6-13(15)20-12)18(2)8-7-11-4-3-9-19-11;/h3-6,9H,7-8,10H2,1-2H3,(H,16,17);1H. The summed E-state index contributed by atoms with van der Waals surface area (Å²) in [5.41, 5.74) is 0. The van der Waals surface area contributed by atoms with Crippen LogP contribution in [0.25, 0.3) is 0 Å². The highest BCUT2D eigenvalue weighted by molar-refractivity contribution is 14.0. The Labute approximate surface area is 159 Å². The van der Waals surface area contributed by atoms with E-state index >= 15 is 0 Å². The van der Waals surface area contributed by atoms with E-state index in [-0.39, 0.29) is 24.0 Å². The number of nitrogens with one attached hydrogen (secondary N) is 1. The van der Waals surface area contributed by atoms with Crippen LogP contribution in [0.5, 0.6) is 0 Å². The van der Waals surface area contributed by atoms with E-state index in [1.165, 1.54) is 9.75 Å². The number of guanidine groups is 1. The van der Waals surface area contributed by atoms with E-state index < -0.39 is 0 Å². The molecule has 2 rings (SSSR count). The highest BCUT2D eigenvalue weighted by atomic mass is 127. The molecule has 0 unspecified atom stereocenters. The Kier molecular flexibility index (Phi) is 8.84. The predicted octanol–water partition coefficient (Wildman–Crippen LogP) is 4.44. The molecule has 0 spiro atoms. The average molecular weight is 500 g/mol. The quantitative estimate of drug-likeness (QED) is 0.374. The molecule has 0 aliphatic carbocycles. The zero-order valence-corrected chi connectivity index (χ0v) is 17.6. The van der Waals surface area contributed by atoms with E-state index in [0.717, 1.165) is 29.3 Å². The number of likely N-dealkylation sites (N-methyl/N-ethyl adjacent to an activating group) is 1. The first-order valence-electron chi connectivity index (χ1n) is 6.37. The van der Waals surface area contributed by atoms with E-state index in [0.29, 0.717) is 0 Å². The maximum absolute atomic E-state index is 4.34. The fourth-order valence-electron chi connectivity index (χ4n) is 1.84. The Morgan fingerprint density at radius 3 is 2.71 bits per heavy atom. The summed E-state index contributed by atoms with van der Waals surface area (Å²) in [7, 11) is 3.90. The molecule has 1 N–H and O–H groups in total. The third-order valence-corrected chi connectivity index (χ3v) is 5.46. The van der Waals surface area contributed by atoms with Crippen LogP contribution in [0, 0.1) is 0 Å². The van der Waals surface area contributed by atoms with E-state index in [1.807, 2.05) is 7.05 Å². The van der Waals surface area contributed by atoms with Gasteiger partial charge in [0.15, 0.2) is 5.96 Å². The summed E-state index contributed by atoms with van der Waals surface area (Å²) in [6, 6.07) is 8.48. The summed E-state index contributed by atoms with van der Waals surface area (Å²) in [5, 5.41) is 5.52. The van der Waals surface area contributed by atoms with Crippen molar-refractivity contribution in [2.45, 2.75) is 13.0 Å². The number of thiophene rings is 2. The Hall–Kier alpha value is -0.120. The maximum atomic E-state index is 4.34. The van der Waals surface area contributed by atoms with Crippen molar-refractivity contribution in [3.05, 3.63) is 43.2 Å². The Balaban J connectivity index is 0.00000220. The molecule has 0 radical (unpaired) electrons. The van der Waals surface area contributed by atoms with E-state index in [9.17, 15) is 0 Å². The minimum Gasteiger partial charge on any atom is -0.351 e. The summed E-state index contributed by atoms with van der Waals surface area (Å²) in [5.74, 6) is 0.936. The molecule has 0 saturated carbocycles. The molecule has 7 heteroatoms. The predicted molar refractivity (Wildman–Crippen MR) is 108 cm³/mol. The van der Waals surface area contributed by atoms with Crippen molar-refractivity contribution in [2.24, 2.45) is 4.99 Å². The van der Waals surface area contributed by atoms with Gasteiger partial charge in [-0.2, -0.15) is 0 Å². The lowest BCUT2D eigenvalue weighted by Crippen LogP contribution is -2.39. The summed E-state index contributed by atoms with van der Waals surface area (Å²) in [4.78, 5) is 9.21. The lowest BCUT2D eigenvalue weighted by Gasteiger charge is -2.21. The summed E-state index contributed by atoms with van der Waals surface area (Å²) >= 11 is 7.04. The SMILES string of the molecule is CN=C(NCc1ccc(Br)s1)N(C)CCc1cccs1.I. The summed E-state index contributed by atoms with van der Waals surface area (Å²) in [6.07, 6.45) is 1.05. The number of hydrogen-bond donors (Lipinski definition) is 1. The summed E-state index contributed by atoms with van der Waals surface area (Å²) < 4.78 is 1.16. The largest absolute Gasteiger partial charge is 0.351 e. The normalized spacial score (nSPS) is 11.1. The van der Waals surface area contributed by atoms with Crippen LogP contribution in [0.3, 0.4) is 0 Å². The first-order chi connectivity index (χ1) is 9.69. The van der Waals surface area contributed by atoms with Gasteiger partial charge >= 0.3 is 0 Å². The summed E-state index contributed by atoms with van der Waals surface area (Å²) in [6.45, 7) is 1.78. The van der Waals surface area contributed by atoms with Crippen LogP contribution in [-0.2, 0) is 13.0 Å². The van der Waals surface area contributed by atoms with Gasteiger partial charge in [0.25, 0.3) is 0 Å². The molecule has 3 nitrogen and oxygen atoms in total. The second-order valence-corrected chi connectivity index (χ2v) is 7.94. The van der Waals surface area contributed by atoms with Gasteiger partial charge in [-0.05, 0) is 45.9 Å². The van der Waals surface area contributed by atoms with Gasteiger partial charge in [-0.1, -0.05) is 6.07 Å². The topological polar surface area (TPSA) is 27.6 Å². The number of nitrogens with zero attached hydrogens (tertiary/aromatic N) is 2. The molecule has 2 heterocycles. The van der Waals surface area contributed by atoms with Crippen LogP contribution in [0.2, 0.25) is 0 Å². The fraction of sp³-hybridized carbons (Fsp3) is 0.357. The highest BCUT2D eigenvalue weighted by Gasteiger charge is 2.07. The first-order valence-corrected chi connectivity index (χ1v) is 8.86. The molecule has 21 heavy (non-hydrogen) atoms. The second kappa shape index (κ2) is 9.81. The van der Waals surface area contributed by atoms with Crippen LogP contribution >= 0.6 is 62.6 Å². The zero-order valence-electron chi connectivity index (χ0n) is 12.0. The number of halogens is 2. The molecule has 0 aliphatic rings. The third kappa shape index (κ3) is 6.25. The van der Waals surface area contributed by atoms with Crippen molar-refractivity contribution in [1.82, 2.24) is 10.2 Å². The van der Waals surface area contributed by atoms with Gasteiger partial charge in [0, 0.05) is 30.4 Å². The van der Waals surface area contributed by atoms with Crippen molar-refractivity contribution in [2.75, 3.05) is 20.6 Å². The van der Waals surface area contributed by atoms with Crippen LogP contribution in [0.1, 0.15) is 9.75 Å². The molecule has 2 aromatic rings. The van der Waals surface area contributed by atoms with E-state index in [2.05, 4.69) is 67.8 Å². The van der Waals surface area contributed by atoms with Crippen LogP contribution in [-0.4, -0.2) is 31.5 Å². The molecule has 0 bridgehead atoms. The molecule has 0 aliphatic heterocycles. The number of hydrogen-bond acceptors (Lipinski definition) is 3. The first kappa shape index (κ1) is 18.9. The molecule has 0 amide bonds. The van der Waals surface area contributed by atoms with Crippen molar-refractivity contribution in [3.63, 3.8) is 0 Å². The van der Waals surface area contributed by atoms with E-state index in [4.69, 9.17) is 0 Å². The van der Waals surface area contributed by atoms with Gasteiger partial charge in [0.05, 0.1) is 10.3 Å². The van der Waals surface area contributed by atoms with Gasteiger partial charge in [0.1, 0.15) is 0 Å². The van der Waals surface area contributed by atoms with Crippen LogP contribution in [0.15, 0.2) is 38.4 Å². The minimum atomic E-state index is 0. The molecule has 116 valence electrons. The molecule has 0 atom stereocenters. The van der Waals surface area contributed by atoms with Gasteiger partial charge in [0.2, 0.25) is 0 Å².